The fourth-order valence-electron chi connectivity index (χ4n) is 2.87. The van der Waals surface area contributed by atoms with Crippen molar-refractivity contribution in [3.8, 4) is 0 Å². The first-order valence-corrected chi connectivity index (χ1v) is 6.94. The second-order valence-electron chi connectivity index (χ2n) is 5.59. The lowest BCUT2D eigenvalue weighted by molar-refractivity contribution is 0.354. The van der Waals surface area contributed by atoms with Crippen LogP contribution in [0.2, 0.25) is 0 Å². The molecule has 2 atom stereocenters. The van der Waals surface area contributed by atoms with Crippen molar-refractivity contribution < 1.29 is 0 Å². The number of aryl methyl sites for hydroxylation is 2. The molecule has 2 rings (SSSR count). The Bertz CT molecular complexity index is 379. The lowest BCUT2D eigenvalue weighted by atomic mass is 9.87. The van der Waals surface area contributed by atoms with Crippen molar-refractivity contribution in [3.05, 3.63) is 34.9 Å². The lowest BCUT2D eigenvalue weighted by Crippen LogP contribution is -2.28. The molecular weight excluding hydrogens is 206 g/mol. The van der Waals surface area contributed by atoms with Gasteiger partial charge in [0, 0.05) is 6.04 Å². The summed E-state index contributed by atoms with van der Waals surface area (Å²) < 4.78 is 0. The van der Waals surface area contributed by atoms with E-state index in [0.717, 1.165) is 18.4 Å². The Balaban J connectivity index is 2.24. The molecule has 1 aromatic rings. The molecule has 1 aliphatic carbocycles. The molecule has 1 heteroatoms. The minimum absolute atomic E-state index is 0.535. The molecule has 0 aliphatic heterocycles. The minimum atomic E-state index is 0.535. The van der Waals surface area contributed by atoms with Crippen LogP contribution in [-0.2, 0) is 0 Å². The van der Waals surface area contributed by atoms with Crippen LogP contribution in [-0.4, -0.2) is 6.54 Å². The third-order valence-electron chi connectivity index (χ3n) is 4.08. The highest BCUT2D eigenvalue weighted by Gasteiger charge is 2.34. The molecule has 0 radical (unpaired) electrons. The normalized spacial score (nSPS) is 19.1. The highest BCUT2D eigenvalue weighted by Crippen LogP contribution is 2.43. The second-order valence-corrected chi connectivity index (χ2v) is 5.59. The standard InChI is InChI=1S/C16H25N/c1-5-17-16(13(4)14-7-8-14)15-9-6-11(2)10-12(15)3/h6,9-10,13-14,16-17H,5,7-8H2,1-4H3. The fraction of sp³-hybridized carbons (Fsp3) is 0.625. The Labute approximate surface area is 106 Å². The van der Waals surface area contributed by atoms with Crippen molar-refractivity contribution in [1.82, 2.24) is 5.32 Å². The smallest absolute Gasteiger partial charge is 0.0351 e. The van der Waals surface area contributed by atoms with Gasteiger partial charge < -0.3 is 5.32 Å². The maximum Gasteiger partial charge on any atom is 0.0351 e. The number of nitrogens with one attached hydrogen (secondary N) is 1. The summed E-state index contributed by atoms with van der Waals surface area (Å²) in [5.41, 5.74) is 4.29. The molecule has 1 N–H and O–H groups in total. The van der Waals surface area contributed by atoms with Gasteiger partial charge in [0.2, 0.25) is 0 Å². The van der Waals surface area contributed by atoms with Crippen molar-refractivity contribution in [1.29, 1.82) is 0 Å². The zero-order chi connectivity index (χ0) is 12.4. The van der Waals surface area contributed by atoms with Gasteiger partial charge in [-0.1, -0.05) is 37.6 Å². The average Bonchev–Trinajstić information content (AvgIpc) is 3.10. The Morgan fingerprint density at radius 3 is 2.53 bits per heavy atom. The van der Waals surface area contributed by atoms with Crippen molar-refractivity contribution in [2.75, 3.05) is 6.54 Å². The molecular formula is C16H25N. The molecule has 1 aliphatic rings. The monoisotopic (exact) mass is 231 g/mol. The number of hydrogen-bond donors (Lipinski definition) is 1. The van der Waals surface area contributed by atoms with Gasteiger partial charge in [0.15, 0.2) is 0 Å². The van der Waals surface area contributed by atoms with Crippen LogP contribution >= 0.6 is 0 Å². The zero-order valence-corrected chi connectivity index (χ0v) is 11.6. The van der Waals surface area contributed by atoms with Crippen LogP contribution in [0.4, 0.5) is 0 Å². The first-order chi connectivity index (χ1) is 8.13. The lowest BCUT2D eigenvalue weighted by Gasteiger charge is -2.27. The maximum absolute atomic E-state index is 3.68. The van der Waals surface area contributed by atoms with Gasteiger partial charge in [-0.05, 0) is 56.2 Å². The van der Waals surface area contributed by atoms with Gasteiger partial charge in [-0.15, -0.1) is 0 Å². The second kappa shape index (κ2) is 5.22. The minimum Gasteiger partial charge on any atom is -0.310 e. The van der Waals surface area contributed by atoms with Gasteiger partial charge >= 0.3 is 0 Å². The number of rotatable bonds is 5. The predicted octanol–water partition coefficient (Wildman–Crippen LogP) is 4.00. The summed E-state index contributed by atoms with van der Waals surface area (Å²) in [5, 5.41) is 3.68. The van der Waals surface area contributed by atoms with E-state index in [0.29, 0.717) is 6.04 Å². The summed E-state index contributed by atoms with van der Waals surface area (Å²) in [6, 6.07) is 7.40. The molecule has 0 bridgehead atoms. The summed E-state index contributed by atoms with van der Waals surface area (Å²) in [5.74, 6) is 1.70. The van der Waals surface area contributed by atoms with E-state index in [1.54, 1.807) is 0 Å². The van der Waals surface area contributed by atoms with E-state index in [9.17, 15) is 0 Å². The van der Waals surface area contributed by atoms with Crippen LogP contribution < -0.4 is 5.32 Å². The van der Waals surface area contributed by atoms with E-state index < -0.39 is 0 Å². The van der Waals surface area contributed by atoms with E-state index in [2.05, 4.69) is 51.2 Å². The molecule has 2 unspecified atom stereocenters. The van der Waals surface area contributed by atoms with E-state index in [4.69, 9.17) is 0 Å². The maximum atomic E-state index is 3.68. The largest absolute Gasteiger partial charge is 0.310 e. The topological polar surface area (TPSA) is 12.0 Å². The first-order valence-electron chi connectivity index (χ1n) is 6.94. The molecule has 0 aromatic heterocycles. The molecule has 0 amide bonds. The summed E-state index contributed by atoms with van der Waals surface area (Å²) in [7, 11) is 0. The molecule has 0 saturated heterocycles. The van der Waals surface area contributed by atoms with Crippen molar-refractivity contribution in [2.24, 2.45) is 11.8 Å². The van der Waals surface area contributed by atoms with Gasteiger partial charge in [0.25, 0.3) is 0 Å². The molecule has 1 nitrogen and oxygen atoms in total. The molecule has 0 spiro atoms. The van der Waals surface area contributed by atoms with Crippen LogP contribution in [0.1, 0.15) is 49.4 Å². The summed E-state index contributed by atoms with van der Waals surface area (Å²) >= 11 is 0. The van der Waals surface area contributed by atoms with Crippen molar-refractivity contribution in [2.45, 2.75) is 46.6 Å². The number of hydrogen-bond acceptors (Lipinski definition) is 1. The van der Waals surface area contributed by atoms with Crippen LogP contribution in [0.3, 0.4) is 0 Å². The van der Waals surface area contributed by atoms with Gasteiger partial charge in [0.05, 0.1) is 0 Å². The van der Waals surface area contributed by atoms with Gasteiger partial charge in [0.1, 0.15) is 0 Å². The van der Waals surface area contributed by atoms with Crippen LogP contribution in [0.5, 0.6) is 0 Å². The van der Waals surface area contributed by atoms with Crippen LogP contribution in [0, 0.1) is 25.7 Å². The Morgan fingerprint density at radius 1 is 1.29 bits per heavy atom. The van der Waals surface area contributed by atoms with E-state index in [-0.39, 0.29) is 0 Å². The Kier molecular flexibility index (Phi) is 3.88. The summed E-state index contributed by atoms with van der Waals surface area (Å²) in [6.07, 6.45) is 2.85. The predicted molar refractivity (Wildman–Crippen MR) is 74.2 cm³/mol. The van der Waals surface area contributed by atoms with E-state index in [1.165, 1.54) is 29.5 Å². The third-order valence-corrected chi connectivity index (χ3v) is 4.08. The Hall–Kier alpha value is -0.820. The van der Waals surface area contributed by atoms with Crippen LogP contribution in [0.25, 0.3) is 0 Å². The van der Waals surface area contributed by atoms with Crippen molar-refractivity contribution >= 4 is 0 Å². The number of benzene rings is 1. The molecule has 1 aromatic carbocycles. The molecule has 17 heavy (non-hydrogen) atoms. The quantitative estimate of drug-likeness (QED) is 0.807. The highest BCUT2D eigenvalue weighted by molar-refractivity contribution is 5.33. The SMILES string of the molecule is CCNC(c1ccc(C)cc1C)C(C)C1CC1. The molecule has 1 saturated carbocycles. The van der Waals surface area contributed by atoms with Gasteiger partial charge in [-0.3, -0.25) is 0 Å². The van der Waals surface area contributed by atoms with E-state index >= 15 is 0 Å². The van der Waals surface area contributed by atoms with E-state index in [1.807, 2.05) is 0 Å². The summed E-state index contributed by atoms with van der Waals surface area (Å²) in [4.78, 5) is 0. The van der Waals surface area contributed by atoms with Crippen LogP contribution in [0.15, 0.2) is 18.2 Å². The molecule has 0 heterocycles. The fourth-order valence-corrected chi connectivity index (χ4v) is 2.87. The van der Waals surface area contributed by atoms with Gasteiger partial charge in [-0.25, -0.2) is 0 Å². The average molecular weight is 231 g/mol. The Morgan fingerprint density at radius 2 is 2.00 bits per heavy atom. The molecule has 1 fully saturated rings. The highest BCUT2D eigenvalue weighted by atomic mass is 14.9. The van der Waals surface area contributed by atoms with Gasteiger partial charge in [-0.2, -0.15) is 0 Å². The van der Waals surface area contributed by atoms with Crippen molar-refractivity contribution in [3.63, 3.8) is 0 Å². The first kappa shape index (κ1) is 12.6. The zero-order valence-electron chi connectivity index (χ0n) is 11.6. The molecule has 94 valence electrons. The summed E-state index contributed by atoms with van der Waals surface area (Å²) in [6.45, 7) is 10.1. The third kappa shape index (κ3) is 2.90.